The molecule has 1 aromatic carbocycles. The first-order valence-electron chi connectivity index (χ1n) is 8.22. The zero-order valence-electron chi connectivity index (χ0n) is 14.2. The lowest BCUT2D eigenvalue weighted by Crippen LogP contribution is -2.79. The van der Waals surface area contributed by atoms with E-state index in [9.17, 15) is 4.79 Å². The predicted molar refractivity (Wildman–Crippen MR) is 96.7 cm³/mol. The monoisotopic (exact) mass is 360 g/mol. The van der Waals surface area contributed by atoms with E-state index in [0.717, 1.165) is 0 Å². The van der Waals surface area contributed by atoms with Crippen LogP contribution in [0.25, 0.3) is 0 Å². The number of hydrogen-bond donors (Lipinski definition) is 5. The molecule has 2 heterocycles. The summed E-state index contributed by atoms with van der Waals surface area (Å²) in [6.07, 6.45) is 2.31. The lowest BCUT2D eigenvalue weighted by molar-refractivity contribution is -0.461. The number of para-hydroxylation sites is 1. The molecule has 1 aliphatic heterocycles. The number of rotatable bonds is 7. The van der Waals surface area contributed by atoms with E-state index in [1.165, 1.54) is 4.57 Å². The highest BCUT2D eigenvalue weighted by Crippen LogP contribution is 2.44. The van der Waals surface area contributed by atoms with Gasteiger partial charge in [-0.15, -0.1) is 0 Å². The predicted octanol–water partition coefficient (Wildman–Crippen LogP) is -1.83. The second-order valence-electron chi connectivity index (χ2n) is 5.66. The molecule has 1 aromatic heterocycles. The van der Waals surface area contributed by atoms with Gasteiger partial charge in [0.25, 0.3) is 0 Å². The van der Waals surface area contributed by atoms with Crippen LogP contribution >= 0.6 is 0 Å². The molecule has 1 aliphatic rings. The summed E-state index contributed by atoms with van der Waals surface area (Å²) in [7, 11) is 0. The van der Waals surface area contributed by atoms with E-state index in [2.05, 4.69) is 15.3 Å². The number of nitrogens with two attached hydrogens (primary N) is 3. The lowest BCUT2D eigenvalue weighted by Gasteiger charge is -2.23. The molecule has 10 nitrogen and oxygen atoms in total. The largest absolute Gasteiger partial charge is 0.488 e. The highest BCUT2D eigenvalue weighted by molar-refractivity contribution is 5.77. The molecule has 0 saturated heterocycles. The summed E-state index contributed by atoms with van der Waals surface area (Å²) in [5, 5.41) is 3.11. The lowest BCUT2D eigenvalue weighted by atomic mass is 10.2. The summed E-state index contributed by atoms with van der Waals surface area (Å²) < 4.78 is 13.1. The number of guanidine groups is 1. The molecule has 0 atom stereocenters. The molecule has 26 heavy (non-hydrogen) atoms. The third-order valence-electron chi connectivity index (χ3n) is 3.70. The topological polar surface area (TPSA) is 157 Å². The van der Waals surface area contributed by atoms with E-state index in [4.69, 9.17) is 26.7 Å². The molecular formula is C16H22N7O3+. The molecular weight excluding hydrogens is 338 g/mol. The van der Waals surface area contributed by atoms with Gasteiger partial charge >= 0.3 is 11.6 Å². The fourth-order valence-corrected chi connectivity index (χ4v) is 2.49. The van der Waals surface area contributed by atoms with Gasteiger partial charge in [-0.1, -0.05) is 6.07 Å². The van der Waals surface area contributed by atoms with E-state index in [1.54, 1.807) is 18.3 Å². The van der Waals surface area contributed by atoms with Gasteiger partial charge in [0.2, 0.25) is 0 Å². The Morgan fingerprint density at radius 1 is 1.35 bits per heavy atom. The minimum absolute atomic E-state index is 0.134. The number of nitrogens with zero attached hydrogens (tertiary/aromatic N) is 2. The van der Waals surface area contributed by atoms with Crippen LogP contribution in [0.5, 0.6) is 17.2 Å². The number of nitrogens with one attached hydrogen (secondary N) is 2. The zero-order chi connectivity index (χ0) is 18.5. The fourth-order valence-electron chi connectivity index (χ4n) is 2.49. The van der Waals surface area contributed by atoms with E-state index < -0.39 is 0 Å². The van der Waals surface area contributed by atoms with Crippen molar-refractivity contribution in [2.75, 3.05) is 25.0 Å². The molecule has 0 bridgehead atoms. The second kappa shape index (κ2) is 7.74. The van der Waals surface area contributed by atoms with Crippen molar-refractivity contribution in [2.24, 2.45) is 17.2 Å². The van der Waals surface area contributed by atoms with Gasteiger partial charge in [0.15, 0.2) is 17.3 Å². The number of anilines is 2. The molecule has 8 N–H and O–H groups in total. The Bertz CT molecular complexity index is 875. The fraction of sp³-hybridized carbons (Fsp3) is 0.312. The van der Waals surface area contributed by atoms with Crippen LogP contribution in [-0.4, -0.2) is 35.2 Å². The first-order valence-corrected chi connectivity index (χ1v) is 8.22. The highest BCUT2D eigenvalue weighted by Gasteiger charge is 2.22. The van der Waals surface area contributed by atoms with Crippen LogP contribution in [0.1, 0.15) is 6.42 Å². The van der Waals surface area contributed by atoms with Crippen molar-refractivity contribution < 1.29 is 14.5 Å². The molecule has 0 amide bonds. The van der Waals surface area contributed by atoms with Crippen molar-refractivity contribution in [3.05, 3.63) is 34.9 Å². The third kappa shape index (κ3) is 3.86. The van der Waals surface area contributed by atoms with Gasteiger partial charge in [-0.05, 0) is 25.1 Å². The highest BCUT2D eigenvalue weighted by atomic mass is 16.5. The minimum atomic E-state index is -0.367. The zero-order valence-corrected chi connectivity index (χ0v) is 14.2. The summed E-state index contributed by atoms with van der Waals surface area (Å²) in [6, 6.07) is 5.41. The first-order chi connectivity index (χ1) is 12.6. The third-order valence-corrected chi connectivity index (χ3v) is 3.70. The SMILES string of the molecule is NCCCn1cc2c(nc1=O)Nc1c(OCC[NH+]=C(N)N)cccc1O2. The van der Waals surface area contributed by atoms with Crippen LogP contribution in [0.2, 0.25) is 0 Å². The average Bonchev–Trinajstić information content (AvgIpc) is 2.62. The van der Waals surface area contributed by atoms with Crippen molar-refractivity contribution in [3.63, 3.8) is 0 Å². The van der Waals surface area contributed by atoms with E-state index in [0.29, 0.717) is 61.4 Å². The Morgan fingerprint density at radius 3 is 2.96 bits per heavy atom. The maximum Gasteiger partial charge on any atom is 0.349 e. The number of benzene rings is 1. The normalized spacial score (nSPS) is 11.6. The summed E-state index contributed by atoms with van der Waals surface area (Å²) in [4.78, 5) is 18.9. The summed E-state index contributed by atoms with van der Waals surface area (Å²) in [5.41, 5.74) is 16.4. The molecule has 0 unspecified atom stereocenters. The molecule has 2 aromatic rings. The van der Waals surface area contributed by atoms with Gasteiger partial charge in [0.05, 0.1) is 12.7 Å². The number of aryl methyl sites for hydroxylation is 1. The van der Waals surface area contributed by atoms with Crippen molar-refractivity contribution in [1.29, 1.82) is 0 Å². The average molecular weight is 360 g/mol. The van der Waals surface area contributed by atoms with Gasteiger partial charge < -0.3 is 20.5 Å². The van der Waals surface area contributed by atoms with Crippen LogP contribution < -0.4 is 42.7 Å². The van der Waals surface area contributed by atoms with E-state index >= 15 is 0 Å². The standard InChI is InChI=1S/C16H21N7O3/c17-5-2-7-23-9-12-14(22-16(23)24)21-13-10(3-1-4-11(13)26-12)25-8-6-20-15(18)19/h1,3-4,9H,2,5-8,17H2,(H4,18,19,20)(H,21,22,24)/p+1. The molecule has 10 heteroatoms. The second-order valence-corrected chi connectivity index (χ2v) is 5.66. The molecule has 138 valence electrons. The van der Waals surface area contributed by atoms with Crippen molar-refractivity contribution >= 4 is 17.5 Å². The van der Waals surface area contributed by atoms with Gasteiger partial charge in [0.1, 0.15) is 18.0 Å². The van der Waals surface area contributed by atoms with Crippen molar-refractivity contribution in [3.8, 4) is 17.2 Å². The maximum absolute atomic E-state index is 12.1. The number of aromatic nitrogens is 2. The molecule has 0 spiro atoms. The molecule has 0 radical (unpaired) electrons. The Labute approximate surface area is 149 Å². The smallest absolute Gasteiger partial charge is 0.349 e. The van der Waals surface area contributed by atoms with Gasteiger partial charge in [-0.25, -0.2) is 4.79 Å². The first kappa shape index (κ1) is 17.5. The van der Waals surface area contributed by atoms with Crippen molar-refractivity contribution in [2.45, 2.75) is 13.0 Å². The Morgan fingerprint density at radius 2 is 2.19 bits per heavy atom. The van der Waals surface area contributed by atoms with E-state index in [1.807, 2.05) is 6.07 Å². The van der Waals surface area contributed by atoms with E-state index in [-0.39, 0.29) is 11.6 Å². The van der Waals surface area contributed by atoms with Crippen LogP contribution in [-0.2, 0) is 6.54 Å². The molecule has 0 aliphatic carbocycles. The Kier molecular flexibility index (Phi) is 5.23. The summed E-state index contributed by atoms with van der Waals surface area (Å²) >= 11 is 0. The van der Waals surface area contributed by atoms with Gasteiger partial charge in [-0.2, -0.15) is 4.98 Å². The molecule has 3 rings (SSSR count). The summed E-state index contributed by atoms with van der Waals surface area (Å²) in [6.45, 7) is 1.78. The molecule has 0 fully saturated rings. The Hall–Kier alpha value is -3.27. The number of fused-ring (bicyclic) bond motifs is 2. The Balaban J connectivity index is 1.80. The van der Waals surface area contributed by atoms with Crippen LogP contribution in [0.4, 0.5) is 11.5 Å². The van der Waals surface area contributed by atoms with Crippen LogP contribution in [0.3, 0.4) is 0 Å². The molecule has 0 saturated carbocycles. The van der Waals surface area contributed by atoms with Crippen LogP contribution in [0, 0.1) is 0 Å². The van der Waals surface area contributed by atoms with Gasteiger partial charge in [0, 0.05) is 6.54 Å². The quantitative estimate of drug-likeness (QED) is 0.187. The number of hydrogen-bond acceptors (Lipinski definition) is 6. The minimum Gasteiger partial charge on any atom is -0.488 e. The summed E-state index contributed by atoms with van der Waals surface area (Å²) in [5.74, 6) is 2.10. The van der Waals surface area contributed by atoms with Crippen LogP contribution in [0.15, 0.2) is 29.2 Å². The maximum atomic E-state index is 12.1. The van der Waals surface area contributed by atoms with Gasteiger partial charge in [-0.3, -0.25) is 21.0 Å². The van der Waals surface area contributed by atoms with Crippen molar-refractivity contribution in [1.82, 2.24) is 9.55 Å². The number of ether oxygens (including phenoxy) is 2.